The van der Waals surface area contributed by atoms with Crippen molar-refractivity contribution in [2.75, 3.05) is 5.32 Å². The molecule has 0 radical (unpaired) electrons. The summed E-state index contributed by atoms with van der Waals surface area (Å²) in [6.45, 7) is 7.98. The van der Waals surface area contributed by atoms with Crippen molar-refractivity contribution in [2.24, 2.45) is 5.92 Å². The molecule has 0 aliphatic rings. The Morgan fingerprint density at radius 2 is 1.90 bits per heavy atom. The number of halogens is 3. The number of alkyl halides is 3. The molecule has 2 heterocycles. The first-order chi connectivity index (χ1) is 14.5. The van der Waals surface area contributed by atoms with E-state index in [0.717, 1.165) is 15.7 Å². The maximum absolute atomic E-state index is 13.5. The van der Waals surface area contributed by atoms with E-state index >= 15 is 0 Å². The molecule has 1 amide bonds. The van der Waals surface area contributed by atoms with Crippen molar-refractivity contribution >= 4 is 22.6 Å². The molecule has 0 bridgehead atoms. The number of anilines is 1. The van der Waals surface area contributed by atoms with Crippen LogP contribution in [0.4, 0.5) is 18.9 Å². The highest BCUT2D eigenvalue weighted by molar-refractivity contribution is 5.91. The van der Waals surface area contributed by atoms with E-state index in [2.05, 4.69) is 10.4 Å². The minimum Gasteiger partial charge on any atom is -0.326 e. The SMILES string of the molecule is Cc1ccc(NC(=O)CCn2c(=O)cc(C(F)(F)F)c3cn(CC(C)C)nc32)c(C)c1. The summed E-state index contributed by atoms with van der Waals surface area (Å²) < 4.78 is 43.0. The number of aromatic nitrogens is 3. The maximum atomic E-state index is 13.5. The minimum absolute atomic E-state index is 0.0696. The van der Waals surface area contributed by atoms with E-state index in [1.54, 1.807) is 6.07 Å². The summed E-state index contributed by atoms with van der Waals surface area (Å²) in [6, 6.07) is 6.17. The first-order valence-corrected chi connectivity index (χ1v) is 10.0. The maximum Gasteiger partial charge on any atom is 0.417 e. The minimum atomic E-state index is -4.68. The summed E-state index contributed by atoms with van der Waals surface area (Å²) in [6.07, 6.45) is -3.45. The molecule has 1 aromatic carbocycles. The summed E-state index contributed by atoms with van der Waals surface area (Å²) in [7, 11) is 0. The Balaban J connectivity index is 1.90. The van der Waals surface area contributed by atoms with Crippen LogP contribution in [-0.4, -0.2) is 20.3 Å². The normalized spacial score (nSPS) is 12.0. The second-order valence-electron chi connectivity index (χ2n) is 8.14. The van der Waals surface area contributed by atoms with Crippen LogP contribution < -0.4 is 10.9 Å². The van der Waals surface area contributed by atoms with Gasteiger partial charge in [0.15, 0.2) is 5.65 Å². The summed E-state index contributed by atoms with van der Waals surface area (Å²) >= 11 is 0. The van der Waals surface area contributed by atoms with E-state index < -0.39 is 17.3 Å². The molecule has 0 saturated heterocycles. The fourth-order valence-corrected chi connectivity index (χ4v) is 3.48. The van der Waals surface area contributed by atoms with Gasteiger partial charge in [0.25, 0.3) is 5.56 Å². The van der Waals surface area contributed by atoms with Gasteiger partial charge in [-0.15, -0.1) is 0 Å². The fraction of sp³-hybridized carbons (Fsp3) is 0.409. The highest BCUT2D eigenvalue weighted by Gasteiger charge is 2.35. The van der Waals surface area contributed by atoms with Crippen LogP contribution in [-0.2, 0) is 24.1 Å². The largest absolute Gasteiger partial charge is 0.417 e. The van der Waals surface area contributed by atoms with Crippen molar-refractivity contribution in [1.82, 2.24) is 14.3 Å². The molecule has 9 heteroatoms. The van der Waals surface area contributed by atoms with Gasteiger partial charge in [-0.2, -0.15) is 18.3 Å². The third-order valence-electron chi connectivity index (χ3n) is 4.90. The van der Waals surface area contributed by atoms with Gasteiger partial charge >= 0.3 is 6.18 Å². The summed E-state index contributed by atoms with van der Waals surface area (Å²) in [5.74, 6) is -0.180. The summed E-state index contributed by atoms with van der Waals surface area (Å²) in [5, 5.41) is 6.85. The number of nitrogens with one attached hydrogen (secondary N) is 1. The van der Waals surface area contributed by atoms with Gasteiger partial charge in [0.05, 0.1) is 5.56 Å². The quantitative estimate of drug-likeness (QED) is 0.620. The third-order valence-corrected chi connectivity index (χ3v) is 4.90. The zero-order chi connectivity index (χ0) is 22.9. The standard InChI is InChI=1S/C22H25F3N4O2/c1-13(2)11-28-12-16-17(22(23,24)25)10-20(31)29(21(16)27-28)8-7-19(30)26-18-6-5-14(3)9-15(18)4/h5-6,9-10,12-13H,7-8,11H2,1-4H3,(H,26,30). The van der Waals surface area contributed by atoms with Crippen LogP contribution in [0.2, 0.25) is 0 Å². The number of amides is 1. The van der Waals surface area contributed by atoms with E-state index in [-0.39, 0.29) is 35.8 Å². The van der Waals surface area contributed by atoms with E-state index in [1.165, 1.54) is 10.9 Å². The lowest BCUT2D eigenvalue weighted by molar-refractivity contribution is -0.136. The Morgan fingerprint density at radius 1 is 1.19 bits per heavy atom. The molecule has 166 valence electrons. The first-order valence-electron chi connectivity index (χ1n) is 10.0. The second kappa shape index (κ2) is 8.56. The number of pyridine rings is 1. The highest BCUT2D eigenvalue weighted by Crippen LogP contribution is 2.33. The van der Waals surface area contributed by atoms with Crippen LogP contribution >= 0.6 is 0 Å². The van der Waals surface area contributed by atoms with Gasteiger partial charge in [-0.3, -0.25) is 18.8 Å². The van der Waals surface area contributed by atoms with Gasteiger partial charge in [0.1, 0.15) is 0 Å². The van der Waals surface area contributed by atoms with Gasteiger partial charge in [-0.25, -0.2) is 0 Å². The lowest BCUT2D eigenvalue weighted by Gasteiger charge is -2.12. The molecule has 3 aromatic rings. The van der Waals surface area contributed by atoms with Crippen LogP contribution in [0, 0.1) is 19.8 Å². The van der Waals surface area contributed by atoms with Crippen LogP contribution in [0.5, 0.6) is 0 Å². The van der Waals surface area contributed by atoms with Crippen molar-refractivity contribution in [3.05, 3.63) is 57.5 Å². The zero-order valence-corrected chi connectivity index (χ0v) is 17.9. The van der Waals surface area contributed by atoms with Gasteiger partial charge in [0.2, 0.25) is 5.91 Å². The molecule has 0 fully saturated rings. The number of aryl methyl sites for hydroxylation is 3. The van der Waals surface area contributed by atoms with E-state index in [4.69, 9.17) is 0 Å². The summed E-state index contributed by atoms with van der Waals surface area (Å²) in [4.78, 5) is 24.9. The molecule has 0 saturated carbocycles. The van der Waals surface area contributed by atoms with Crippen molar-refractivity contribution in [3.8, 4) is 0 Å². The van der Waals surface area contributed by atoms with Crippen molar-refractivity contribution in [1.29, 1.82) is 0 Å². The first kappa shape index (κ1) is 22.6. The number of carbonyl (C=O) groups is 1. The molecule has 2 aromatic heterocycles. The molecular weight excluding hydrogens is 409 g/mol. The summed E-state index contributed by atoms with van der Waals surface area (Å²) in [5.41, 5.74) is 0.690. The Hall–Kier alpha value is -3.10. The molecule has 0 aliphatic carbocycles. The van der Waals surface area contributed by atoms with Gasteiger partial charge in [-0.05, 0) is 31.4 Å². The number of fused-ring (bicyclic) bond motifs is 1. The lowest BCUT2D eigenvalue weighted by atomic mass is 10.1. The van der Waals surface area contributed by atoms with Gasteiger partial charge < -0.3 is 5.32 Å². The lowest BCUT2D eigenvalue weighted by Crippen LogP contribution is -2.25. The number of hydrogen-bond donors (Lipinski definition) is 1. The topological polar surface area (TPSA) is 68.9 Å². The number of carbonyl (C=O) groups excluding carboxylic acids is 1. The number of benzene rings is 1. The van der Waals surface area contributed by atoms with Crippen molar-refractivity contribution in [2.45, 2.75) is 53.4 Å². The Kier molecular flexibility index (Phi) is 6.24. The van der Waals surface area contributed by atoms with E-state index in [1.807, 2.05) is 39.8 Å². The second-order valence-corrected chi connectivity index (χ2v) is 8.14. The molecule has 6 nitrogen and oxygen atoms in total. The molecular formula is C22H25F3N4O2. The zero-order valence-electron chi connectivity index (χ0n) is 17.9. The highest BCUT2D eigenvalue weighted by atomic mass is 19.4. The van der Waals surface area contributed by atoms with Crippen molar-refractivity contribution < 1.29 is 18.0 Å². The Labute approximate surface area is 177 Å². The van der Waals surface area contributed by atoms with Gasteiger partial charge in [-0.1, -0.05) is 31.5 Å². The predicted molar refractivity (Wildman–Crippen MR) is 113 cm³/mol. The molecule has 0 atom stereocenters. The number of rotatable bonds is 6. The van der Waals surface area contributed by atoms with Crippen molar-refractivity contribution in [3.63, 3.8) is 0 Å². The van der Waals surface area contributed by atoms with E-state index in [0.29, 0.717) is 18.3 Å². The van der Waals surface area contributed by atoms with Crippen LogP contribution in [0.15, 0.2) is 35.3 Å². The molecule has 0 aliphatic heterocycles. The molecule has 0 spiro atoms. The predicted octanol–water partition coefficient (Wildman–Crippen LogP) is 4.52. The molecule has 31 heavy (non-hydrogen) atoms. The van der Waals surface area contributed by atoms with Crippen LogP contribution in [0.3, 0.4) is 0 Å². The van der Waals surface area contributed by atoms with Gasteiger partial charge in [0, 0.05) is 42.8 Å². The smallest absolute Gasteiger partial charge is 0.326 e. The van der Waals surface area contributed by atoms with Crippen LogP contribution in [0.25, 0.3) is 11.0 Å². The fourth-order valence-electron chi connectivity index (χ4n) is 3.48. The Morgan fingerprint density at radius 3 is 2.52 bits per heavy atom. The molecule has 3 rings (SSSR count). The molecule has 1 N–H and O–H groups in total. The third kappa shape index (κ3) is 5.15. The van der Waals surface area contributed by atoms with E-state index in [9.17, 15) is 22.8 Å². The van der Waals surface area contributed by atoms with Crippen LogP contribution in [0.1, 0.15) is 37.0 Å². The molecule has 0 unspecified atom stereocenters. The number of hydrogen-bond acceptors (Lipinski definition) is 3. The monoisotopic (exact) mass is 434 g/mol. The average Bonchev–Trinajstić information content (AvgIpc) is 3.04. The number of nitrogens with zero attached hydrogens (tertiary/aromatic N) is 3. The average molecular weight is 434 g/mol. The Bertz CT molecular complexity index is 1180.